The molecule has 2 N–H and O–H groups in total. The summed E-state index contributed by atoms with van der Waals surface area (Å²) < 4.78 is 11.2. The fourth-order valence-corrected chi connectivity index (χ4v) is 4.36. The van der Waals surface area contributed by atoms with Crippen LogP contribution in [0.25, 0.3) is 10.2 Å². The minimum atomic E-state index is -0.363. The van der Waals surface area contributed by atoms with Gasteiger partial charge in [-0.2, -0.15) is 0 Å². The molecule has 0 bridgehead atoms. The molecule has 25 heavy (non-hydrogen) atoms. The third kappa shape index (κ3) is 3.37. The quantitative estimate of drug-likeness (QED) is 0.805. The SMILES string of the molecule is CCCCc1nc2sc(C(=O)OCC)c(N)c2c2c1COC(C)(C)C2. The molecule has 0 fully saturated rings. The number of anilines is 1. The molecule has 3 heterocycles. The van der Waals surface area contributed by atoms with E-state index in [2.05, 4.69) is 20.8 Å². The van der Waals surface area contributed by atoms with Crippen molar-refractivity contribution in [3.05, 3.63) is 21.7 Å². The maximum absolute atomic E-state index is 12.2. The normalized spacial score (nSPS) is 16.0. The molecule has 2 aromatic rings. The van der Waals surface area contributed by atoms with E-state index in [1.54, 1.807) is 6.92 Å². The van der Waals surface area contributed by atoms with Crippen molar-refractivity contribution in [2.24, 2.45) is 0 Å². The van der Waals surface area contributed by atoms with Crippen LogP contribution in [0, 0.1) is 0 Å². The third-order valence-electron chi connectivity index (χ3n) is 4.62. The molecule has 0 spiro atoms. The van der Waals surface area contributed by atoms with Crippen LogP contribution in [-0.4, -0.2) is 23.2 Å². The smallest absolute Gasteiger partial charge is 0.350 e. The van der Waals surface area contributed by atoms with Gasteiger partial charge in [-0.25, -0.2) is 9.78 Å². The number of carbonyl (C=O) groups excluding carboxylic acids is 1. The lowest BCUT2D eigenvalue weighted by molar-refractivity contribution is -0.0401. The van der Waals surface area contributed by atoms with E-state index in [9.17, 15) is 4.79 Å². The maximum Gasteiger partial charge on any atom is 0.350 e. The van der Waals surface area contributed by atoms with Crippen LogP contribution < -0.4 is 5.73 Å². The van der Waals surface area contributed by atoms with E-state index < -0.39 is 0 Å². The van der Waals surface area contributed by atoms with Crippen LogP contribution in [0.2, 0.25) is 0 Å². The van der Waals surface area contributed by atoms with Gasteiger partial charge in [-0.05, 0) is 39.2 Å². The summed E-state index contributed by atoms with van der Waals surface area (Å²) in [5, 5.41) is 0.916. The molecule has 1 aliphatic heterocycles. The highest BCUT2D eigenvalue weighted by atomic mass is 32.1. The fraction of sp³-hybridized carbons (Fsp3) is 0.579. The lowest BCUT2D eigenvalue weighted by atomic mass is 9.88. The number of rotatable bonds is 5. The van der Waals surface area contributed by atoms with E-state index in [-0.39, 0.29) is 11.6 Å². The first-order valence-corrected chi connectivity index (χ1v) is 9.73. The van der Waals surface area contributed by atoms with E-state index >= 15 is 0 Å². The molecular formula is C19H26N2O3S. The van der Waals surface area contributed by atoms with Gasteiger partial charge in [0.2, 0.25) is 0 Å². The predicted molar refractivity (Wildman–Crippen MR) is 101 cm³/mol. The van der Waals surface area contributed by atoms with Gasteiger partial charge >= 0.3 is 5.97 Å². The largest absolute Gasteiger partial charge is 0.462 e. The standard InChI is InChI=1S/C19H26N2O3S/c1-5-7-8-13-12-10-24-19(3,4)9-11(12)14-15(20)16(18(22)23-6-2)25-17(14)21-13/h5-10,20H2,1-4H3. The number of unbranched alkanes of at least 4 members (excludes halogenated alkanes) is 1. The average Bonchev–Trinajstić information content (AvgIpc) is 2.89. The van der Waals surface area contributed by atoms with Crippen molar-refractivity contribution in [3.63, 3.8) is 0 Å². The second-order valence-corrected chi connectivity index (χ2v) is 8.09. The highest BCUT2D eigenvalue weighted by Crippen LogP contribution is 2.41. The van der Waals surface area contributed by atoms with Gasteiger partial charge in [0, 0.05) is 23.1 Å². The lowest BCUT2D eigenvalue weighted by Crippen LogP contribution is -2.32. The summed E-state index contributed by atoms with van der Waals surface area (Å²) in [7, 11) is 0. The van der Waals surface area contributed by atoms with Crippen LogP contribution in [0.1, 0.15) is 67.0 Å². The Morgan fingerprint density at radius 3 is 2.80 bits per heavy atom. The van der Waals surface area contributed by atoms with Crippen molar-refractivity contribution in [2.45, 2.75) is 65.6 Å². The summed E-state index contributed by atoms with van der Waals surface area (Å²) in [6, 6.07) is 0. The molecule has 136 valence electrons. The topological polar surface area (TPSA) is 74.4 Å². The van der Waals surface area contributed by atoms with Crippen LogP contribution in [0.15, 0.2) is 0 Å². The molecule has 6 heteroatoms. The van der Waals surface area contributed by atoms with Crippen molar-refractivity contribution in [2.75, 3.05) is 12.3 Å². The Morgan fingerprint density at radius 2 is 2.12 bits per heavy atom. The maximum atomic E-state index is 12.2. The zero-order valence-electron chi connectivity index (χ0n) is 15.4. The number of nitrogens with zero attached hydrogens (tertiary/aromatic N) is 1. The van der Waals surface area contributed by atoms with E-state index in [1.165, 1.54) is 16.9 Å². The molecule has 0 aliphatic carbocycles. The van der Waals surface area contributed by atoms with E-state index in [0.717, 1.165) is 47.2 Å². The van der Waals surface area contributed by atoms with Crippen LogP contribution in [0.5, 0.6) is 0 Å². The Bertz CT molecular complexity index is 811. The van der Waals surface area contributed by atoms with Crippen LogP contribution in [0.4, 0.5) is 5.69 Å². The second-order valence-electron chi connectivity index (χ2n) is 7.09. The number of nitrogens with two attached hydrogens (primary N) is 1. The zero-order valence-corrected chi connectivity index (χ0v) is 16.2. The molecule has 3 rings (SSSR count). The number of hydrogen-bond acceptors (Lipinski definition) is 6. The monoisotopic (exact) mass is 362 g/mol. The number of aryl methyl sites for hydroxylation is 1. The number of esters is 1. The van der Waals surface area contributed by atoms with Crippen molar-refractivity contribution < 1.29 is 14.3 Å². The Balaban J connectivity index is 2.20. The molecule has 0 atom stereocenters. The van der Waals surface area contributed by atoms with Gasteiger partial charge in [0.05, 0.1) is 24.5 Å². The van der Waals surface area contributed by atoms with E-state index in [4.69, 9.17) is 20.2 Å². The minimum absolute atomic E-state index is 0.248. The Morgan fingerprint density at radius 1 is 1.36 bits per heavy atom. The van der Waals surface area contributed by atoms with Crippen molar-refractivity contribution in [3.8, 4) is 0 Å². The predicted octanol–water partition coefficient (Wildman–Crippen LogP) is 4.25. The minimum Gasteiger partial charge on any atom is -0.462 e. The molecule has 0 radical (unpaired) electrons. The number of hydrogen-bond donors (Lipinski definition) is 1. The van der Waals surface area contributed by atoms with Gasteiger partial charge in [-0.15, -0.1) is 11.3 Å². The first kappa shape index (κ1) is 18.1. The number of nitrogen functional groups attached to an aromatic ring is 1. The van der Waals surface area contributed by atoms with Crippen molar-refractivity contribution in [1.82, 2.24) is 4.98 Å². The van der Waals surface area contributed by atoms with Crippen molar-refractivity contribution >= 4 is 33.2 Å². The van der Waals surface area contributed by atoms with Crippen LogP contribution >= 0.6 is 11.3 Å². The first-order chi connectivity index (χ1) is 11.9. The van der Waals surface area contributed by atoms with E-state index in [0.29, 0.717) is 23.8 Å². The highest BCUT2D eigenvalue weighted by molar-refractivity contribution is 7.21. The molecular weight excluding hydrogens is 336 g/mol. The van der Waals surface area contributed by atoms with Crippen LogP contribution in [-0.2, 0) is 28.9 Å². The fourth-order valence-electron chi connectivity index (χ4n) is 3.33. The first-order valence-electron chi connectivity index (χ1n) is 8.91. The summed E-state index contributed by atoms with van der Waals surface area (Å²) in [4.78, 5) is 18.4. The highest BCUT2D eigenvalue weighted by Gasteiger charge is 2.32. The molecule has 0 amide bonds. The number of aromatic nitrogens is 1. The van der Waals surface area contributed by atoms with Gasteiger partial charge in [-0.1, -0.05) is 13.3 Å². The molecule has 0 saturated carbocycles. The number of fused-ring (bicyclic) bond motifs is 3. The van der Waals surface area contributed by atoms with Gasteiger partial charge in [0.25, 0.3) is 0 Å². The van der Waals surface area contributed by atoms with Gasteiger partial charge < -0.3 is 15.2 Å². The molecule has 0 saturated heterocycles. The lowest BCUT2D eigenvalue weighted by Gasteiger charge is -2.33. The summed E-state index contributed by atoms with van der Waals surface area (Å²) in [6.07, 6.45) is 3.89. The van der Waals surface area contributed by atoms with Gasteiger partial charge in [-0.3, -0.25) is 0 Å². The van der Waals surface area contributed by atoms with Crippen molar-refractivity contribution in [1.29, 1.82) is 0 Å². The third-order valence-corrected chi connectivity index (χ3v) is 5.69. The van der Waals surface area contributed by atoms with Gasteiger partial charge in [0.1, 0.15) is 9.71 Å². The Hall–Kier alpha value is -1.66. The van der Waals surface area contributed by atoms with Gasteiger partial charge in [0.15, 0.2) is 0 Å². The number of thiophene rings is 1. The summed E-state index contributed by atoms with van der Waals surface area (Å²) in [5.41, 5.74) is 10.0. The Kier molecular flexibility index (Phi) is 5.02. The summed E-state index contributed by atoms with van der Waals surface area (Å²) in [5.74, 6) is -0.363. The second kappa shape index (κ2) is 6.92. The number of pyridine rings is 1. The number of ether oxygens (including phenoxy) is 2. The molecule has 0 unspecified atom stereocenters. The summed E-state index contributed by atoms with van der Waals surface area (Å²) in [6.45, 7) is 9.03. The number of carbonyl (C=O) groups is 1. The molecule has 5 nitrogen and oxygen atoms in total. The molecule has 0 aromatic carbocycles. The van der Waals surface area contributed by atoms with Crippen LogP contribution in [0.3, 0.4) is 0 Å². The average molecular weight is 362 g/mol. The van der Waals surface area contributed by atoms with E-state index in [1.807, 2.05) is 0 Å². The Labute approximate surface area is 152 Å². The molecule has 2 aromatic heterocycles. The molecule has 1 aliphatic rings. The zero-order chi connectivity index (χ0) is 18.2. The summed E-state index contributed by atoms with van der Waals surface area (Å²) >= 11 is 1.34.